The van der Waals surface area contributed by atoms with Crippen molar-refractivity contribution in [1.29, 1.82) is 0 Å². The lowest BCUT2D eigenvalue weighted by Gasteiger charge is -2.33. The van der Waals surface area contributed by atoms with Gasteiger partial charge in [-0.2, -0.15) is 0 Å². The molecule has 9 nitrogen and oxygen atoms in total. The van der Waals surface area contributed by atoms with Crippen LogP contribution in [-0.2, 0) is 19.2 Å². The van der Waals surface area contributed by atoms with Crippen molar-refractivity contribution in [2.24, 2.45) is 11.3 Å². The molecular formula is C21H41N5O4S. The predicted octanol–water partition coefficient (Wildman–Crippen LogP) is 0.857. The number of unbranched alkanes of at least 4 members (excludes halogenated alkanes) is 1. The summed E-state index contributed by atoms with van der Waals surface area (Å²) in [5.41, 5.74) is -0.499. The van der Waals surface area contributed by atoms with E-state index in [0.29, 0.717) is 25.8 Å². The largest absolute Gasteiger partial charge is 0.357 e. The van der Waals surface area contributed by atoms with Crippen LogP contribution in [0, 0.1) is 11.3 Å². The van der Waals surface area contributed by atoms with Gasteiger partial charge in [-0.3, -0.25) is 23.5 Å². The van der Waals surface area contributed by atoms with Crippen LogP contribution in [0.3, 0.4) is 0 Å². The third-order valence-electron chi connectivity index (χ3n) is 4.69. The Bertz CT molecular complexity index is 607. The molecule has 0 unspecified atom stereocenters. The van der Waals surface area contributed by atoms with E-state index in [0.717, 1.165) is 0 Å². The first-order chi connectivity index (χ1) is 14.3. The van der Waals surface area contributed by atoms with Crippen LogP contribution in [0.4, 0.5) is 0 Å². The lowest BCUT2D eigenvalue weighted by Crippen LogP contribution is -2.57. The maximum absolute atomic E-state index is 13.0. The summed E-state index contributed by atoms with van der Waals surface area (Å²) in [6, 6.07) is -1.53. The lowest BCUT2D eigenvalue weighted by molar-refractivity contribution is -0.137. The number of nitrogens with one attached hydrogen (secondary N) is 4. The summed E-state index contributed by atoms with van der Waals surface area (Å²) in [5.74, 6) is -0.907. The second kappa shape index (κ2) is 14.3. The van der Waals surface area contributed by atoms with Crippen LogP contribution in [0.25, 0.3) is 0 Å². The van der Waals surface area contributed by atoms with E-state index < -0.39 is 23.4 Å². The van der Waals surface area contributed by atoms with Crippen molar-refractivity contribution in [3.05, 3.63) is 0 Å². The Kier molecular flexibility index (Phi) is 13.5. The first-order valence-corrected chi connectivity index (χ1v) is 11.2. The molecule has 0 fully saturated rings. The SMILES string of the molecule is CNCC(=O)NCCCCC(=O)N(S)[C@@H](CC(C)C)C(=O)N[C@H](C(=O)NC)C(C)(C)C. The quantitative estimate of drug-likeness (QED) is 0.207. The van der Waals surface area contributed by atoms with Gasteiger partial charge in [0.2, 0.25) is 23.6 Å². The van der Waals surface area contributed by atoms with Crippen molar-refractivity contribution < 1.29 is 19.2 Å². The summed E-state index contributed by atoms with van der Waals surface area (Å²) in [6.07, 6.45) is 1.85. The number of amides is 4. The van der Waals surface area contributed by atoms with Crippen LogP contribution in [0.2, 0.25) is 0 Å². The Morgan fingerprint density at radius 2 is 1.61 bits per heavy atom. The molecule has 0 aromatic carbocycles. The average molecular weight is 460 g/mol. The maximum atomic E-state index is 13.0. The fourth-order valence-corrected chi connectivity index (χ4v) is 3.26. The predicted molar refractivity (Wildman–Crippen MR) is 125 cm³/mol. The van der Waals surface area contributed by atoms with Crippen LogP contribution >= 0.6 is 12.8 Å². The van der Waals surface area contributed by atoms with Gasteiger partial charge in [0.1, 0.15) is 12.1 Å². The normalized spacial score (nSPS) is 13.3. The second-order valence-corrected chi connectivity index (χ2v) is 9.57. The van der Waals surface area contributed by atoms with Crippen LogP contribution in [0.15, 0.2) is 0 Å². The summed E-state index contributed by atoms with van der Waals surface area (Å²) in [4.78, 5) is 49.3. The molecule has 180 valence electrons. The van der Waals surface area contributed by atoms with Crippen LogP contribution in [0.1, 0.15) is 60.3 Å². The molecule has 0 heterocycles. The Morgan fingerprint density at radius 3 is 2.10 bits per heavy atom. The minimum absolute atomic E-state index is 0.0946. The number of nitrogens with zero attached hydrogens (tertiary/aromatic N) is 1. The zero-order valence-electron chi connectivity index (χ0n) is 20.0. The van der Waals surface area contributed by atoms with Crippen molar-refractivity contribution in [3.8, 4) is 0 Å². The molecule has 0 saturated heterocycles. The molecule has 0 aliphatic carbocycles. The zero-order chi connectivity index (χ0) is 24.2. The van der Waals surface area contributed by atoms with Crippen LogP contribution in [0.5, 0.6) is 0 Å². The van der Waals surface area contributed by atoms with Gasteiger partial charge in [-0.25, -0.2) is 0 Å². The molecule has 0 aromatic rings. The first-order valence-electron chi connectivity index (χ1n) is 10.8. The van der Waals surface area contributed by atoms with Gasteiger partial charge in [-0.05, 0) is 37.6 Å². The fourth-order valence-electron chi connectivity index (χ4n) is 2.96. The summed E-state index contributed by atoms with van der Waals surface area (Å²) in [7, 11) is 3.22. The van der Waals surface area contributed by atoms with Gasteiger partial charge < -0.3 is 21.3 Å². The molecule has 0 aromatic heterocycles. The Balaban J connectivity index is 4.99. The summed E-state index contributed by atoms with van der Waals surface area (Å²) >= 11 is 4.33. The van der Waals surface area contributed by atoms with E-state index in [1.54, 1.807) is 7.05 Å². The second-order valence-electron chi connectivity index (χ2n) is 9.14. The van der Waals surface area contributed by atoms with Gasteiger partial charge in [0.25, 0.3) is 0 Å². The van der Waals surface area contributed by atoms with Gasteiger partial charge in [0.05, 0.1) is 6.54 Å². The summed E-state index contributed by atoms with van der Waals surface area (Å²) in [6.45, 7) is 10.2. The highest BCUT2D eigenvalue weighted by molar-refractivity contribution is 7.78. The van der Waals surface area contributed by atoms with E-state index >= 15 is 0 Å². The van der Waals surface area contributed by atoms with E-state index in [-0.39, 0.29) is 36.6 Å². The number of rotatable bonds is 13. The molecule has 0 rings (SSSR count). The Hall–Kier alpha value is -1.81. The average Bonchev–Trinajstić information content (AvgIpc) is 2.67. The number of thiol groups is 1. The van der Waals surface area contributed by atoms with Crippen molar-refractivity contribution in [1.82, 2.24) is 25.6 Å². The fraction of sp³-hybridized carbons (Fsp3) is 0.810. The maximum Gasteiger partial charge on any atom is 0.244 e. The van der Waals surface area contributed by atoms with Crippen molar-refractivity contribution >= 4 is 36.4 Å². The summed E-state index contributed by atoms with van der Waals surface area (Å²) in [5, 5.41) is 10.9. The highest BCUT2D eigenvalue weighted by Gasteiger charge is 2.36. The molecular weight excluding hydrogens is 418 g/mol. The number of hydrogen-bond donors (Lipinski definition) is 5. The molecule has 0 saturated carbocycles. The molecule has 0 bridgehead atoms. The molecule has 4 amide bonds. The van der Waals surface area contributed by atoms with E-state index in [2.05, 4.69) is 34.1 Å². The number of likely N-dealkylation sites (N-methyl/N-ethyl adjacent to an activating group) is 2. The minimum Gasteiger partial charge on any atom is -0.357 e. The molecule has 0 radical (unpaired) electrons. The van der Waals surface area contributed by atoms with Crippen molar-refractivity contribution in [2.45, 2.75) is 72.4 Å². The molecule has 0 spiro atoms. The molecule has 31 heavy (non-hydrogen) atoms. The van der Waals surface area contributed by atoms with Gasteiger partial charge in [-0.15, -0.1) is 0 Å². The van der Waals surface area contributed by atoms with Crippen molar-refractivity contribution in [2.75, 3.05) is 27.2 Å². The first kappa shape index (κ1) is 29.2. The zero-order valence-corrected chi connectivity index (χ0v) is 20.9. The molecule has 0 aliphatic heterocycles. The number of carbonyl (C=O) groups is 4. The third-order valence-corrected chi connectivity index (χ3v) is 5.19. The number of hydrogen-bond acceptors (Lipinski definition) is 6. The highest BCUT2D eigenvalue weighted by atomic mass is 32.1. The van der Waals surface area contributed by atoms with Gasteiger partial charge in [0.15, 0.2) is 0 Å². The lowest BCUT2D eigenvalue weighted by atomic mass is 9.85. The van der Waals surface area contributed by atoms with Gasteiger partial charge in [-0.1, -0.05) is 47.4 Å². The standard InChI is InChI=1S/C21H41N5O4S/c1-14(2)12-15(19(29)25-18(20(30)23-7)21(3,4)5)26(31)17(28)10-8-9-11-24-16(27)13-22-6/h14-15,18,22,31H,8-13H2,1-7H3,(H,23,30)(H,24,27)(H,25,29)/t15-,18+/m0/s1. The van der Waals surface area contributed by atoms with E-state index in [4.69, 9.17) is 0 Å². The van der Waals surface area contributed by atoms with E-state index in [9.17, 15) is 19.2 Å². The molecule has 10 heteroatoms. The van der Waals surface area contributed by atoms with Crippen LogP contribution in [-0.4, -0.2) is 67.2 Å². The minimum atomic E-state index is -0.791. The monoisotopic (exact) mass is 459 g/mol. The van der Waals surface area contributed by atoms with E-state index in [1.165, 1.54) is 11.4 Å². The highest BCUT2D eigenvalue weighted by Crippen LogP contribution is 2.22. The molecule has 0 aliphatic rings. The summed E-state index contributed by atoms with van der Waals surface area (Å²) < 4.78 is 1.18. The topological polar surface area (TPSA) is 120 Å². The molecule has 2 atom stereocenters. The Labute approximate surface area is 192 Å². The van der Waals surface area contributed by atoms with Crippen molar-refractivity contribution in [3.63, 3.8) is 0 Å². The number of carbonyl (C=O) groups excluding carboxylic acids is 4. The third kappa shape index (κ3) is 11.4. The Morgan fingerprint density at radius 1 is 1.00 bits per heavy atom. The molecule has 4 N–H and O–H groups in total. The smallest absolute Gasteiger partial charge is 0.244 e. The van der Waals surface area contributed by atoms with E-state index in [1.807, 2.05) is 34.6 Å². The van der Waals surface area contributed by atoms with Gasteiger partial charge in [0, 0.05) is 20.0 Å². The van der Waals surface area contributed by atoms with Crippen LogP contribution < -0.4 is 21.3 Å². The van der Waals surface area contributed by atoms with Gasteiger partial charge >= 0.3 is 0 Å².